The number of hydrogen-bond acceptors (Lipinski definition) is 5. The van der Waals surface area contributed by atoms with Crippen LogP contribution < -0.4 is 16.1 Å². The van der Waals surface area contributed by atoms with Gasteiger partial charge in [-0.3, -0.25) is 18.7 Å². The van der Waals surface area contributed by atoms with E-state index < -0.39 is 5.69 Å². The third-order valence-electron chi connectivity index (χ3n) is 4.87. The first-order valence-electron chi connectivity index (χ1n) is 9.38. The largest absolute Gasteiger partial charge is 0.332 e. The molecule has 3 aromatic rings. The van der Waals surface area contributed by atoms with E-state index in [-0.39, 0.29) is 17.2 Å². The molecule has 8 heteroatoms. The van der Waals surface area contributed by atoms with Crippen LogP contribution in [0.5, 0.6) is 0 Å². The fraction of sp³-hybridized carbons (Fsp3) is 0.333. The van der Waals surface area contributed by atoms with E-state index in [0.717, 1.165) is 33.6 Å². The second-order valence-corrected chi connectivity index (χ2v) is 7.83. The highest BCUT2D eigenvalue weighted by atomic mass is 32.2. The molecule has 0 N–H and O–H groups in total. The van der Waals surface area contributed by atoms with Crippen LogP contribution in [0.3, 0.4) is 0 Å². The summed E-state index contributed by atoms with van der Waals surface area (Å²) in [5.74, 6) is 0.1000. The number of fused-ring (bicyclic) bond motifs is 1. The number of aromatic nitrogens is 3. The van der Waals surface area contributed by atoms with Crippen molar-refractivity contribution in [3.63, 3.8) is 0 Å². The molecule has 0 aliphatic rings. The molecule has 3 rings (SSSR count). The lowest BCUT2D eigenvalue weighted by Gasteiger charge is -2.18. The fourth-order valence-electron chi connectivity index (χ4n) is 3.18. The number of rotatable bonds is 6. The normalized spacial score (nSPS) is 11.0. The number of thioether (sulfide) groups is 1. The van der Waals surface area contributed by atoms with Gasteiger partial charge in [0.25, 0.3) is 5.56 Å². The molecule has 0 spiro atoms. The van der Waals surface area contributed by atoms with Gasteiger partial charge >= 0.3 is 5.69 Å². The Morgan fingerprint density at radius 1 is 1.14 bits per heavy atom. The van der Waals surface area contributed by atoms with Crippen molar-refractivity contribution in [2.45, 2.75) is 24.7 Å². The third-order valence-corrected chi connectivity index (χ3v) is 6.02. The summed E-state index contributed by atoms with van der Waals surface area (Å²) in [6.45, 7) is 2.05. The van der Waals surface area contributed by atoms with Crippen molar-refractivity contribution in [3.05, 3.63) is 62.9 Å². The number of amides is 1. The second-order valence-electron chi connectivity index (χ2n) is 6.84. The van der Waals surface area contributed by atoms with E-state index in [4.69, 9.17) is 0 Å². The standard InChI is InChI=1S/C21H24N4O3S/c1-5-9-14-12-22-19-17(20(27)25(4)21(28)24(19)3)18(14)29-13-16(26)23(2)15-10-7-6-8-11-15/h6-8,10-12H,5,9,13H2,1-4H3. The minimum Gasteiger partial charge on any atom is -0.315 e. The van der Waals surface area contributed by atoms with E-state index in [1.54, 1.807) is 25.2 Å². The average molecular weight is 413 g/mol. The van der Waals surface area contributed by atoms with Gasteiger partial charge in [0.1, 0.15) is 5.65 Å². The summed E-state index contributed by atoms with van der Waals surface area (Å²) in [7, 11) is 4.79. The molecule has 0 radical (unpaired) electrons. The lowest BCUT2D eigenvalue weighted by Crippen LogP contribution is -2.37. The van der Waals surface area contributed by atoms with Crippen molar-refractivity contribution in [1.29, 1.82) is 0 Å². The number of carbonyl (C=O) groups excluding carboxylic acids is 1. The first-order valence-corrected chi connectivity index (χ1v) is 10.4. The first kappa shape index (κ1) is 20.9. The molecule has 2 heterocycles. The molecule has 1 aromatic carbocycles. The van der Waals surface area contributed by atoms with Crippen molar-refractivity contribution in [3.8, 4) is 0 Å². The molecule has 2 aromatic heterocycles. The number of carbonyl (C=O) groups is 1. The number of benzene rings is 1. The lowest BCUT2D eigenvalue weighted by molar-refractivity contribution is -0.115. The van der Waals surface area contributed by atoms with Crippen molar-refractivity contribution in [1.82, 2.24) is 14.1 Å². The van der Waals surface area contributed by atoms with Crippen molar-refractivity contribution in [2.75, 3.05) is 17.7 Å². The van der Waals surface area contributed by atoms with Crippen molar-refractivity contribution < 1.29 is 4.79 Å². The van der Waals surface area contributed by atoms with Crippen LogP contribution in [0.2, 0.25) is 0 Å². The molecule has 0 atom stereocenters. The first-order chi connectivity index (χ1) is 13.9. The van der Waals surface area contributed by atoms with Gasteiger partial charge in [-0.15, -0.1) is 11.8 Å². The van der Waals surface area contributed by atoms with Gasteiger partial charge in [0.15, 0.2) is 0 Å². The van der Waals surface area contributed by atoms with Gasteiger partial charge in [-0.1, -0.05) is 31.5 Å². The Kier molecular flexibility index (Phi) is 6.22. The van der Waals surface area contributed by atoms with Gasteiger partial charge in [0, 0.05) is 37.9 Å². The smallest absolute Gasteiger partial charge is 0.315 e. The molecule has 0 bridgehead atoms. The number of hydrogen-bond donors (Lipinski definition) is 0. The monoisotopic (exact) mass is 412 g/mol. The van der Waals surface area contributed by atoms with Crippen LogP contribution in [0.15, 0.2) is 51.0 Å². The summed E-state index contributed by atoms with van der Waals surface area (Å²) < 4.78 is 2.45. The van der Waals surface area contributed by atoms with Crippen LogP contribution in [-0.2, 0) is 25.3 Å². The highest BCUT2D eigenvalue weighted by Gasteiger charge is 2.19. The molecular weight excluding hydrogens is 388 g/mol. The van der Waals surface area contributed by atoms with E-state index >= 15 is 0 Å². The zero-order valence-corrected chi connectivity index (χ0v) is 17.8. The Morgan fingerprint density at radius 2 is 1.83 bits per heavy atom. The highest BCUT2D eigenvalue weighted by Crippen LogP contribution is 2.29. The molecule has 29 heavy (non-hydrogen) atoms. The molecule has 0 saturated heterocycles. The Bertz CT molecular complexity index is 1170. The summed E-state index contributed by atoms with van der Waals surface area (Å²) in [6, 6.07) is 9.41. The van der Waals surface area contributed by atoms with E-state index in [1.807, 2.05) is 37.3 Å². The summed E-state index contributed by atoms with van der Waals surface area (Å²) in [5.41, 5.74) is 1.25. The van der Waals surface area contributed by atoms with E-state index in [9.17, 15) is 14.4 Å². The Hall–Kier alpha value is -2.87. The summed E-state index contributed by atoms with van der Waals surface area (Å²) in [6.07, 6.45) is 3.32. The zero-order valence-electron chi connectivity index (χ0n) is 17.0. The average Bonchev–Trinajstić information content (AvgIpc) is 2.74. The molecule has 7 nitrogen and oxygen atoms in total. The highest BCUT2D eigenvalue weighted by molar-refractivity contribution is 8.00. The van der Waals surface area contributed by atoms with Gasteiger partial charge in [-0.2, -0.15) is 0 Å². The molecule has 0 saturated carbocycles. The molecule has 1 amide bonds. The van der Waals surface area contributed by atoms with Crippen LogP contribution in [0.25, 0.3) is 11.0 Å². The quantitative estimate of drug-likeness (QED) is 0.581. The Labute approximate surface area is 173 Å². The molecular formula is C21H24N4O3S. The molecule has 0 aliphatic carbocycles. The minimum atomic E-state index is -0.422. The number of nitrogens with zero attached hydrogens (tertiary/aromatic N) is 4. The maximum Gasteiger partial charge on any atom is 0.332 e. The van der Waals surface area contributed by atoms with E-state index in [0.29, 0.717) is 11.0 Å². The van der Waals surface area contributed by atoms with Crippen molar-refractivity contribution >= 4 is 34.4 Å². The maximum absolute atomic E-state index is 12.9. The van der Waals surface area contributed by atoms with Gasteiger partial charge in [0.2, 0.25) is 5.91 Å². The molecule has 0 aliphatic heterocycles. The van der Waals surface area contributed by atoms with E-state index in [2.05, 4.69) is 4.98 Å². The SMILES string of the molecule is CCCc1cnc2c(c1SCC(=O)N(C)c1ccccc1)c(=O)n(C)c(=O)n2C. The Morgan fingerprint density at radius 3 is 2.48 bits per heavy atom. The van der Waals surface area contributed by atoms with Crippen LogP contribution in [0.1, 0.15) is 18.9 Å². The van der Waals surface area contributed by atoms with Crippen LogP contribution in [0, 0.1) is 0 Å². The number of pyridine rings is 1. The lowest BCUT2D eigenvalue weighted by atomic mass is 10.1. The number of anilines is 1. The maximum atomic E-state index is 12.9. The third kappa shape index (κ3) is 3.98. The summed E-state index contributed by atoms with van der Waals surface area (Å²) >= 11 is 1.33. The van der Waals surface area contributed by atoms with Gasteiger partial charge in [-0.05, 0) is 24.1 Å². The fourth-order valence-corrected chi connectivity index (χ4v) is 4.30. The Balaban J connectivity index is 2.03. The minimum absolute atomic E-state index is 0.0738. The predicted octanol–water partition coefficient (Wildman–Crippen LogP) is 2.34. The molecule has 0 fully saturated rings. The number of aryl methyl sites for hydroxylation is 2. The molecule has 0 unspecified atom stereocenters. The molecule has 152 valence electrons. The topological polar surface area (TPSA) is 77.2 Å². The second kappa shape index (κ2) is 8.65. The summed E-state index contributed by atoms with van der Waals surface area (Å²) in [4.78, 5) is 44.6. The van der Waals surface area contributed by atoms with Gasteiger partial charge in [0.05, 0.1) is 11.1 Å². The zero-order chi connectivity index (χ0) is 21.1. The van der Waals surface area contributed by atoms with E-state index in [1.165, 1.54) is 23.4 Å². The van der Waals surface area contributed by atoms with Crippen LogP contribution in [-0.4, -0.2) is 32.8 Å². The summed E-state index contributed by atoms with van der Waals surface area (Å²) in [5, 5.41) is 0.390. The van der Waals surface area contributed by atoms with Crippen LogP contribution in [0.4, 0.5) is 5.69 Å². The van der Waals surface area contributed by atoms with Gasteiger partial charge < -0.3 is 4.90 Å². The number of para-hydroxylation sites is 1. The van der Waals surface area contributed by atoms with Gasteiger partial charge in [-0.25, -0.2) is 9.78 Å². The van der Waals surface area contributed by atoms with Crippen LogP contribution >= 0.6 is 11.8 Å². The predicted molar refractivity (Wildman–Crippen MR) is 117 cm³/mol. The van der Waals surface area contributed by atoms with Crippen molar-refractivity contribution in [2.24, 2.45) is 14.1 Å².